The lowest BCUT2D eigenvalue weighted by atomic mass is 9.94. The second kappa shape index (κ2) is 14.4. The summed E-state index contributed by atoms with van der Waals surface area (Å²) in [6, 6.07) is 0. The van der Waals surface area contributed by atoms with Gasteiger partial charge in [-0.1, -0.05) is 59.3 Å². The number of nitrogens with two attached hydrogens (primary N) is 1. The van der Waals surface area contributed by atoms with E-state index >= 15 is 0 Å². The van der Waals surface area contributed by atoms with Crippen molar-refractivity contribution >= 4 is 5.91 Å². The predicted octanol–water partition coefficient (Wildman–Crippen LogP) is 4.25. The lowest BCUT2D eigenvalue weighted by molar-refractivity contribution is -0.121. The number of carbonyl (C=O) groups excluding carboxylic acids is 1. The van der Waals surface area contributed by atoms with Crippen LogP contribution in [0.3, 0.4) is 0 Å². The van der Waals surface area contributed by atoms with Crippen molar-refractivity contribution in [3.8, 4) is 0 Å². The fraction of sp³-hybridized carbons (Fsp3) is 0.944. The van der Waals surface area contributed by atoms with Crippen molar-refractivity contribution in [3.63, 3.8) is 0 Å². The van der Waals surface area contributed by atoms with Crippen molar-refractivity contribution in [1.82, 2.24) is 5.32 Å². The molecule has 0 heterocycles. The second-order valence-corrected chi connectivity index (χ2v) is 6.72. The maximum atomic E-state index is 11.8. The molecule has 3 N–H and O–H groups in total. The van der Waals surface area contributed by atoms with Crippen molar-refractivity contribution in [2.24, 2.45) is 17.6 Å². The minimum absolute atomic E-state index is 0.218. The molecule has 0 fully saturated rings. The van der Waals surface area contributed by atoms with Gasteiger partial charge in [-0.25, -0.2) is 0 Å². The monoisotopic (exact) mass is 298 g/mol. The van der Waals surface area contributed by atoms with Crippen LogP contribution in [0.25, 0.3) is 0 Å². The van der Waals surface area contributed by atoms with Crippen LogP contribution < -0.4 is 11.1 Å². The highest BCUT2D eigenvalue weighted by molar-refractivity contribution is 5.75. The summed E-state index contributed by atoms with van der Waals surface area (Å²) < 4.78 is 0. The standard InChI is InChI=1S/C18H38N2O/c1-4-9-17(13-14-19)11-12-18(21)20-15-8-6-5-7-10-16(2)3/h16-17H,4-15,19H2,1-3H3,(H,20,21). The van der Waals surface area contributed by atoms with Crippen LogP contribution in [0.2, 0.25) is 0 Å². The molecule has 0 aliphatic carbocycles. The number of unbranched alkanes of at least 4 members (excludes halogenated alkanes) is 3. The number of hydrogen-bond donors (Lipinski definition) is 2. The van der Waals surface area contributed by atoms with Gasteiger partial charge in [0.25, 0.3) is 0 Å². The maximum absolute atomic E-state index is 11.8. The number of carbonyl (C=O) groups is 1. The fourth-order valence-corrected chi connectivity index (χ4v) is 2.76. The highest BCUT2D eigenvalue weighted by atomic mass is 16.1. The first-order chi connectivity index (χ1) is 10.1. The first kappa shape index (κ1) is 20.4. The Morgan fingerprint density at radius 1 is 1.00 bits per heavy atom. The van der Waals surface area contributed by atoms with Gasteiger partial charge in [-0.15, -0.1) is 0 Å². The van der Waals surface area contributed by atoms with E-state index in [-0.39, 0.29) is 5.91 Å². The maximum Gasteiger partial charge on any atom is 0.220 e. The van der Waals surface area contributed by atoms with Gasteiger partial charge in [0.05, 0.1) is 0 Å². The molecule has 0 saturated carbocycles. The van der Waals surface area contributed by atoms with Crippen LogP contribution in [0.4, 0.5) is 0 Å². The van der Waals surface area contributed by atoms with Crippen LogP contribution >= 0.6 is 0 Å². The molecule has 0 radical (unpaired) electrons. The zero-order chi connectivity index (χ0) is 15.9. The zero-order valence-electron chi connectivity index (χ0n) is 14.6. The number of rotatable bonds is 14. The Morgan fingerprint density at radius 2 is 1.71 bits per heavy atom. The summed E-state index contributed by atoms with van der Waals surface area (Å²) in [5.74, 6) is 1.66. The molecule has 126 valence electrons. The van der Waals surface area contributed by atoms with E-state index < -0.39 is 0 Å². The molecule has 0 aromatic rings. The Labute approximate surface area is 132 Å². The number of amides is 1. The third kappa shape index (κ3) is 14.1. The summed E-state index contributed by atoms with van der Waals surface area (Å²) in [7, 11) is 0. The van der Waals surface area contributed by atoms with Crippen molar-refractivity contribution < 1.29 is 4.79 Å². The van der Waals surface area contributed by atoms with Gasteiger partial charge >= 0.3 is 0 Å². The van der Waals surface area contributed by atoms with Crippen molar-refractivity contribution in [2.45, 2.75) is 85.0 Å². The SMILES string of the molecule is CCCC(CCN)CCC(=O)NCCCCCCC(C)C. The van der Waals surface area contributed by atoms with E-state index in [4.69, 9.17) is 5.73 Å². The van der Waals surface area contributed by atoms with Gasteiger partial charge in [-0.3, -0.25) is 4.79 Å². The van der Waals surface area contributed by atoms with Crippen molar-refractivity contribution in [1.29, 1.82) is 0 Å². The Bertz CT molecular complexity index is 235. The summed E-state index contributed by atoms with van der Waals surface area (Å²) in [5, 5.41) is 3.05. The molecule has 0 aromatic carbocycles. The molecule has 0 aliphatic rings. The molecular formula is C18H38N2O. The fourth-order valence-electron chi connectivity index (χ4n) is 2.76. The molecule has 3 nitrogen and oxygen atoms in total. The number of hydrogen-bond acceptors (Lipinski definition) is 2. The Balaban J connectivity index is 3.48. The van der Waals surface area contributed by atoms with Gasteiger partial charge < -0.3 is 11.1 Å². The van der Waals surface area contributed by atoms with E-state index in [1.54, 1.807) is 0 Å². The van der Waals surface area contributed by atoms with Gasteiger partial charge in [-0.05, 0) is 37.6 Å². The van der Waals surface area contributed by atoms with E-state index in [0.717, 1.165) is 38.3 Å². The van der Waals surface area contributed by atoms with E-state index in [0.29, 0.717) is 12.3 Å². The highest BCUT2D eigenvalue weighted by Gasteiger charge is 2.09. The average molecular weight is 299 g/mol. The van der Waals surface area contributed by atoms with Crippen LogP contribution in [0.1, 0.15) is 85.0 Å². The minimum Gasteiger partial charge on any atom is -0.356 e. The van der Waals surface area contributed by atoms with Crippen LogP contribution in [-0.2, 0) is 4.79 Å². The highest BCUT2D eigenvalue weighted by Crippen LogP contribution is 2.16. The Hall–Kier alpha value is -0.570. The smallest absolute Gasteiger partial charge is 0.220 e. The van der Waals surface area contributed by atoms with Crippen LogP contribution in [0.5, 0.6) is 0 Å². The van der Waals surface area contributed by atoms with E-state index in [9.17, 15) is 4.79 Å². The largest absolute Gasteiger partial charge is 0.356 e. The second-order valence-electron chi connectivity index (χ2n) is 6.72. The first-order valence-electron chi connectivity index (χ1n) is 9.06. The molecule has 21 heavy (non-hydrogen) atoms. The van der Waals surface area contributed by atoms with Crippen LogP contribution in [0.15, 0.2) is 0 Å². The van der Waals surface area contributed by atoms with E-state index in [1.165, 1.54) is 38.5 Å². The molecular weight excluding hydrogens is 260 g/mol. The lowest BCUT2D eigenvalue weighted by Gasteiger charge is -2.14. The molecule has 0 aliphatic heterocycles. The molecule has 0 aromatic heterocycles. The number of nitrogens with one attached hydrogen (secondary N) is 1. The molecule has 0 rings (SSSR count). The van der Waals surface area contributed by atoms with Gasteiger partial charge in [0.2, 0.25) is 5.91 Å². The zero-order valence-corrected chi connectivity index (χ0v) is 14.6. The van der Waals surface area contributed by atoms with Gasteiger partial charge in [0.1, 0.15) is 0 Å². The minimum atomic E-state index is 0.218. The predicted molar refractivity (Wildman–Crippen MR) is 92.2 cm³/mol. The van der Waals surface area contributed by atoms with E-state index in [1.807, 2.05) is 0 Å². The van der Waals surface area contributed by atoms with Crippen LogP contribution in [0, 0.1) is 11.8 Å². The van der Waals surface area contributed by atoms with Gasteiger partial charge in [-0.2, -0.15) is 0 Å². The molecule has 1 atom stereocenters. The topological polar surface area (TPSA) is 55.1 Å². The summed E-state index contributed by atoms with van der Waals surface area (Å²) in [6.07, 6.45) is 11.4. The average Bonchev–Trinajstić information content (AvgIpc) is 2.44. The third-order valence-corrected chi connectivity index (χ3v) is 4.08. The molecule has 3 heteroatoms. The summed E-state index contributed by atoms with van der Waals surface area (Å²) in [6.45, 7) is 8.33. The normalized spacial score (nSPS) is 12.6. The molecule has 1 unspecified atom stereocenters. The summed E-state index contributed by atoms with van der Waals surface area (Å²) in [5.41, 5.74) is 5.62. The van der Waals surface area contributed by atoms with Gasteiger partial charge in [0, 0.05) is 13.0 Å². The Kier molecular flexibility index (Phi) is 14.0. The lowest BCUT2D eigenvalue weighted by Crippen LogP contribution is -2.25. The van der Waals surface area contributed by atoms with Gasteiger partial charge in [0.15, 0.2) is 0 Å². The van der Waals surface area contributed by atoms with Crippen LogP contribution in [-0.4, -0.2) is 19.0 Å². The molecule has 0 bridgehead atoms. The summed E-state index contributed by atoms with van der Waals surface area (Å²) >= 11 is 0. The first-order valence-corrected chi connectivity index (χ1v) is 9.06. The molecule has 1 amide bonds. The third-order valence-electron chi connectivity index (χ3n) is 4.08. The molecule has 0 spiro atoms. The van der Waals surface area contributed by atoms with E-state index in [2.05, 4.69) is 26.1 Å². The quantitative estimate of drug-likeness (QED) is 0.471. The molecule has 0 saturated heterocycles. The summed E-state index contributed by atoms with van der Waals surface area (Å²) in [4.78, 5) is 11.8. The van der Waals surface area contributed by atoms with Crippen molar-refractivity contribution in [2.75, 3.05) is 13.1 Å². The Morgan fingerprint density at radius 3 is 2.33 bits per heavy atom. The van der Waals surface area contributed by atoms with Crippen molar-refractivity contribution in [3.05, 3.63) is 0 Å².